The Bertz CT molecular complexity index is 1500. The van der Waals surface area contributed by atoms with Crippen molar-refractivity contribution in [3.63, 3.8) is 0 Å². The molecular weight excluding hydrogens is 481 g/mol. The molecule has 35 heavy (non-hydrogen) atoms. The van der Waals surface area contributed by atoms with Crippen LogP contribution in [0, 0.1) is 0 Å². The highest BCUT2D eigenvalue weighted by atomic mass is 35.5. The Balaban J connectivity index is 1.44. The SMILES string of the molecule is CN(Cc1ccc(Cl)cc1)c1nc(-c2cccc(NC(=O)c3ccc(Cl)cc3)c2)cn2ccnc12. The van der Waals surface area contributed by atoms with Gasteiger partial charge in [-0.05, 0) is 54.1 Å². The number of carbonyl (C=O) groups excluding carboxylic acids is 1. The highest BCUT2D eigenvalue weighted by Gasteiger charge is 2.14. The van der Waals surface area contributed by atoms with Gasteiger partial charge < -0.3 is 14.6 Å². The van der Waals surface area contributed by atoms with Crippen molar-refractivity contribution in [3.8, 4) is 11.3 Å². The molecule has 5 aromatic rings. The zero-order valence-electron chi connectivity index (χ0n) is 18.8. The summed E-state index contributed by atoms with van der Waals surface area (Å²) < 4.78 is 1.95. The number of imidazole rings is 1. The van der Waals surface area contributed by atoms with Crippen molar-refractivity contribution in [1.82, 2.24) is 14.4 Å². The summed E-state index contributed by atoms with van der Waals surface area (Å²) in [5.74, 6) is 0.540. The second-order valence-electron chi connectivity index (χ2n) is 8.13. The monoisotopic (exact) mass is 501 g/mol. The van der Waals surface area contributed by atoms with E-state index in [1.54, 1.807) is 30.5 Å². The highest BCUT2D eigenvalue weighted by molar-refractivity contribution is 6.30. The fourth-order valence-corrected chi connectivity index (χ4v) is 4.06. The van der Waals surface area contributed by atoms with Gasteiger partial charge >= 0.3 is 0 Å². The molecular formula is C27H21Cl2N5O. The van der Waals surface area contributed by atoms with Crippen LogP contribution >= 0.6 is 23.2 Å². The number of carbonyl (C=O) groups is 1. The maximum atomic E-state index is 12.7. The van der Waals surface area contributed by atoms with Gasteiger partial charge in [0.05, 0.1) is 5.69 Å². The van der Waals surface area contributed by atoms with Crippen LogP contribution in [0.5, 0.6) is 0 Å². The molecule has 0 fully saturated rings. The van der Waals surface area contributed by atoms with Crippen LogP contribution in [0.25, 0.3) is 16.9 Å². The van der Waals surface area contributed by atoms with E-state index in [-0.39, 0.29) is 5.91 Å². The molecule has 0 unspecified atom stereocenters. The average molecular weight is 502 g/mol. The summed E-state index contributed by atoms with van der Waals surface area (Å²) in [6, 6.07) is 22.1. The lowest BCUT2D eigenvalue weighted by Crippen LogP contribution is -2.19. The molecule has 5 rings (SSSR count). The zero-order chi connectivity index (χ0) is 24.4. The van der Waals surface area contributed by atoms with Crippen LogP contribution in [0.2, 0.25) is 10.0 Å². The number of anilines is 2. The summed E-state index contributed by atoms with van der Waals surface area (Å²) in [6.45, 7) is 0.646. The number of benzene rings is 3. The number of nitrogens with zero attached hydrogens (tertiary/aromatic N) is 4. The molecule has 0 saturated heterocycles. The number of hydrogen-bond acceptors (Lipinski definition) is 4. The number of halogens is 2. The quantitative estimate of drug-likeness (QED) is 0.285. The van der Waals surface area contributed by atoms with Crippen molar-refractivity contribution in [3.05, 3.63) is 113 Å². The molecule has 0 atom stereocenters. The first kappa shape index (κ1) is 22.9. The number of aromatic nitrogens is 3. The van der Waals surface area contributed by atoms with E-state index < -0.39 is 0 Å². The van der Waals surface area contributed by atoms with Crippen molar-refractivity contribution in [2.24, 2.45) is 0 Å². The predicted octanol–water partition coefficient (Wildman–Crippen LogP) is 6.59. The Morgan fingerprint density at radius 1 is 1.00 bits per heavy atom. The fraction of sp³-hybridized carbons (Fsp3) is 0.0741. The summed E-state index contributed by atoms with van der Waals surface area (Å²) >= 11 is 12.0. The van der Waals surface area contributed by atoms with Crippen molar-refractivity contribution < 1.29 is 4.79 Å². The molecule has 3 aromatic carbocycles. The first-order valence-corrected chi connectivity index (χ1v) is 11.7. The second-order valence-corrected chi connectivity index (χ2v) is 9.01. The third-order valence-corrected chi connectivity index (χ3v) is 6.08. The van der Waals surface area contributed by atoms with Crippen LogP contribution < -0.4 is 10.2 Å². The topological polar surface area (TPSA) is 62.5 Å². The fourth-order valence-electron chi connectivity index (χ4n) is 3.81. The van der Waals surface area contributed by atoms with E-state index in [0.717, 1.165) is 28.3 Å². The number of rotatable bonds is 6. The highest BCUT2D eigenvalue weighted by Crippen LogP contribution is 2.27. The first-order chi connectivity index (χ1) is 17.0. The van der Waals surface area contributed by atoms with E-state index in [4.69, 9.17) is 28.2 Å². The van der Waals surface area contributed by atoms with E-state index in [0.29, 0.717) is 27.8 Å². The Hall–Kier alpha value is -3.87. The molecule has 0 saturated carbocycles. The largest absolute Gasteiger partial charge is 0.352 e. The lowest BCUT2D eigenvalue weighted by molar-refractivity contribution is 0.102. The summed E-state index contributed by atoms with van der Waals surface area (Å²) in [4.78, 5) is 24.1. The summed E-state index contributed by atoms with van der Waals surface area (Å²) in [6.07, 6.45) is 5.58. The smallest absolute Gasteiger partial charge is 0.255 e. The van der Waals surface area contributed by atoms with Gasteiger partial charge in [0.1, 0.15) is 0 Å². The van der Waals surface area contributed by atoms with Gasteiger partial charge in [0.25, 0.3) is 5.91 Å². The molecule has 0 aliphatic carbocycles. The molecule has 6 nitrogen and oxygen atoms in total. The van der Waals surface area contributed by atoms with Gasteiger partial charge in [-0.3, -0.25) is 4.79 Å². The standard InChI is InChI=1S/C27H21Cl2N5O/c1-33(16-18-5-9-21(28)10-6-18)26-25-30-13-14-34(25)17-24(32-26)20-3-2-4-23(15-20)31-27(35)19-7-11-22(29)12-8-19/h2-15,17H,16H2,1H3,(H,31,35). The van der Waals surface area contributed by atoms with Crippen LogP contribution in [0.15, 0.2) is 91.4 Å². The summed E-state index contributed by atoms with van der Waals surface area (Å²) in [5.41, 5.74) is 4.71. The maximum Gasteiger partial charge on any atom is 0.255 e. The summed E-state index contributed by atoms with van der Waals surface area (Å²) in [5, 5.41) is 4.23. The molecule has 2 heterocycles. The van der Waals surface area contributed by atoms with Gasteiger partial charge in [-0.25, -0.2) is 9.97 Å². The minimum Gasteiger partial charge on any atom is -0.352 e. The summed E-state index contributed by atoms with van der Waals surface area (Å²) in [7, 11) is 1.98. The molecule has 8 heteroatoms. The minimum absolute atomic E-state index is 0.208. The van der Waals surface area contributed by atoms with E-state index in [9.17, 15) is 4.79 Å². The third kappa shape index (κ3) is 5.14. The van der Waals surface area contributed by atoms with E-state index in [2.05, 4.69) is 15.2 Å². The van der Waals surface area contributed by atoms with E-state index in [1.165, 1.54) is 0 Å². The van der Waals surface area contributed by atoms with Crippen LogP contribution in [-0.4, -0.2) is 27.3 Å². The third-order valence-electron chi connectivity index (χ3n) is 5.57. The van der Waals surface area contributed by atoms with Crippen molar-refractivity contribution in [2.75, 3.05) is 17.3 Å². The van der Waals surface area contributed by atoms with Gasteiger partial charge in [-0.1, -0.05) is 47.5 Å². The zero-order valence-corrected chi connectivity index (χ0v) is 20.3. The van der Waals surface area contributed by atoms with Gasteiger partial charge in [-0.15, -0.1) is 0 Å². The van der Waals surface area contributed by atoms with Crippen LogP contribution in [0.3, 0.4) is 0 Å². The Labute approximate surface area is 212 Å². The molecule has 0 bridgehead atoms. The lowest BCUT2D eigenvalue weighted by atomic mass is 10.1. The predicted molar refractivity (Wildman–Crippen MR) is 141 cm³/mol. The van der Waals surface area contributed by atoms with E-state index in [1.807, 2.05) is 72.4 Å². The number of fused-ring (bicyclic) bond motifs is 1. The number of hydrogen-bond donors (Lipinski definition) is 1. The second kappa shape index (κ2) is 9.78. The molecule has 174 valence electrons. The van der Waals surface area contributed by atoms with Gasteiger partial charge in [0.15, 0.2) is 11.5 Å². The Morgan fingerprint density at radius 2 is 1.71 bits per heavy atom. The maximum absolute atomic E-state index is 12.7. The Kier molecular flexibility index (Phi) is 6.40. The van der Waals surface area contributed by atoms with Crippen LogP contribution in [-0.2, 0) is 6.54 Å². The van der Waals surface area contributed by atoms with Crippen LogP contribution in [0.4, 0.5) is 11.5 Å². The number of nitrogens with one attached hydrogen (secondary N) is 1. The molecule has 1 amide bonds. The molecule has 0 aliphatic rings. The average Bonchev–Trinajstić information content (AvgIpc) is 3.34. The van der Waals surface area contributed by atoms with Gasteiger partial charge in [0.2, 0.25) is 0 Å². The number of amides is 1. The minimum atomic E-state index is -0.208. The Morgan fingerprint density at radius 3 is 2.46 bits per heavy atom. The molecule has 2 aromatic heterocycles. The van der Waals surface area contributed by atoms with Crippen molar-refractivity contribution in [2.45, 2.75) is 6.54 Å². The first-order valence-electron chi connectivity index (χ1n) is 10.9. The molecule has 0 radical (unpaired) electrons. The van der Waals surface area contributed by atoms with Gasteiger partial charge in [-0.2, -0.15) is 0 Å². The van der Waals surface area contributed by atoms with E-state index >= 15 is 0 Å². The van der Waals surface area contributed by atoms with Crippen molar-refractivity contribution >= 4 is 46.3 Å². The normalized spacial score (nSPS) is 10.9. The van der Waals surface area contributed by atoms with Crippen LogP contribution in [0.1, 0.15) is 15.9 Å². The molecule has 1 N–H and O–H groups in total. The van der Waals surface area contributed by atoms with Gasteiger partial charge in [0, 0.05) is 59.0 Å². The molecule has 0 aliphatic heterocycles. The van der Waals surface area contributed by atoms with Crippen molar-refractivity contribution in [1.29, 1.82) is 0 Å². The molecule has 0 spiro atoms. The lowest BCUT2D eigenvalue weighted by Gasteiger charge is -2.20.